The minimum Gasteiger partial charge on any atom is -0.408 e. The van der Waals surface area contributed by atoms with Crippen LogP contribution >= 0.6 is 11.8 Å². The number of hydrogen-bond donors (Lipinski definition) is 2. The number of rotatable bonds is 3. The third-order valence-electron chi connectivity index (χ3n) is 3.36. The summed E-state index contributed by atoms with van der Waals surface area (Å²) in [5.74, 6) is 1.25. The molecule has 6 nitrogen and oxygen atoms in total. The van der Waals surface area contributed by atoms with E-state index in [0.29, 0.717) is 12.1 Å². The monoisotopic (exact) mass is 293 g/mol. The number of benzene rings is 1. The minimum absolute atomic E-state index is 0.00427. The lowest BCUT2D eigenvalue weighted by Gasteiger charge is -2.10. The third-order valence-corrected chi connectivity index (χ3v) is 4.30. The van der Waals surface area contributed by atoms with Crippen LogP contribution < -0.4 is 16.4 Å². The summed E-state index contributed by atoms with van der Waals surface area (Å²) >= 11 is 1.71. The summed E-state index contributed by atoms with van der Waals surface area (Å²) in [5, 5.41) is 6.01. The maximum Gasteiger partial charge on any atom is 0.419 e. The number of oxazole rings is 1. The molecule has 3 rings (SSSR count). The van der Waals surface area contributed by atoms with E-state index in [9.17, 15) is 9.59 Å². The summed E-state index contributed by atoms with van der Waals surface area (Å²) in [4.78, 5) is 23.3. The molecule has 1 aliphatic heterocycles. The van der Waals surface area contributed by atoms with Crippen LogP contribution in [0.3, 0.4) is 0 Å². The van der Waals surface area contributed by atoms with Gasteiger partial charge < -0.3 is 9.73 Å². The van der Waals surface area contributed by atoms with Crippen molar-refractivity contribution < 1.29 is 9.21 Å². The summed E-state index contributed by atoms with van der Waals surface area (Å²) in [7, 11) is 1.67. The van der Waals surface area contributed by atoms with E-state index in [2.05, 4.69) is 10.6 Å². The van der Waals surface area contributed by atoms with Crippen molar-refractivity contribution in [2.75, 3.05) is 11.6 Å². The van der Waals surface area contributed by atoms with E-state index in [1.807, 2.05) is 12.1 Å². The lowest BCUT2D eigenvalue weighted by molar-refractivity contribution is -0.122. The fourth-order valence-corrected chi connectivity index (χ4v) is 3.11. The summed E-state index contributed by atoms with van der Waals surface area (Å²) in [5.41, 5.74) is 2.20. The van der Waals surface area contributed by atoms with E-state index in [-0.39, 0.29) is 17.7 Å². The number of carbonyl (C=O) groups excluding carboxylic acids is 1. The van der Waals surface area contributed by atoms with E-state index >= 15 is 0 Å². The normalized spacial score (nSPS) is 18.6. The summed E-state index contributed by atoms with van der Waals surface area (Å²) < 4.78 is 6.58. The molecular weight excluding hydrogens is 278 g/mol. The zero-order valence-corrected chi connectivity index (χ0v) is 11.8. The molecule has 106 valence electrons. The molecule has 0 aliphatic carbocycles. The highest BCUT2D eigenvalue weighted by atomic mass is 32.2. The first-order valence-corrected chi connectivity index (χ1v) is 7.48. The van der Waals surface area contributed by atoms with Crippen molar-refractivity contribution in [2.24, 2.45) is 7.05 Å². The lowest BCUT2D eigenvalue weighted by atomic mass is 10.2. The largest absolute Gasteiger partial charge is 0.419 e. The highest BCUT2D eigenvalue weighted by Gasteiger charge is 2.21. The van der Waals surface area contributed by atoms with Gasteiger partial charge in [-0.05, 0) is 17.7 Å². The maximum absolute atomic E-state index is 11.9. The van der Waals surface area contributed by atoms with Crippen LogP contribution in [0.2, 0.25) is 0 Å². The molecule has 2 aromatic rings. The van der Waals surface area contributed by atoms with Crippen LogP contribution in [-0.2, 0) is 18.4 Å². The van der Waals surface area contributed by atoms with Crippen molar-refractivity contribution in [1.29, 1.82) is 0 Å². The Morgan fingerprint density at radius 3 is 3.20 bits per heavy atom. The van der Waals surface area contributed by atoms with Gasteiger partial charge in [-0.2, -0.15) is 0 Å². The molecular formula is C13H15N3O3S. The number of aryl methyl sites for hydroxylation is 1. The Morgan fingerprint density at radius 1 is 1.60 bits per heavy atom. The van der Waals surface area contributed by atoms with Crippen molar-refractivity contribution in [3.05, 3.63) is 34.3 Å². The fraction of sp³-hybridized carbons (Fsp3) is 0.385. The second kappa shape index (κ2) is 5.34. The summed E-state index contributed by atoms with van der Waals surface area (Å²) in [6, 6.07) is 5.38. The molecule has 20 heavy (non-hydrogen) atoms. The van der Waals surface area contributed by atoms with Crippen molar-refractivity contribution in [1.82, 2.24) is 15.2 Å². The van der Waals surface area contributed by atoms with Gasteiger partial charge in [-0.25, -0.2) is 4.79 Å². The maximum atomic E-state index is 11.9. The number of thioether (sulfide) groups is 1. The molecule has 1 fully saturated rings. The number of nitrogens with zero attached hydrogens (tertiary/aromatic N) is 1. The molecule has 0 saturated carbocycles. The van der Waals surface area contributed by atoms with Crippen LogP contribution in [0.5, 0.6) is 0 Å². The molecule has 1 unspecified atom stereocenters. The first kappa shape index (κ1) is 13.3. The number of nitrogens with one attached hydrogen (secondary N) is 2. The number of hydrogen-bond acceptors (Lipinski definition) is 5. The zero-order chi connectivity index (χ0) is 14.1. The van der Waals surface area contributed by atoms with Gasteiger partial charge >= 0.3 is 5.76 Å². The van der Waals surface area contributed by atoms with Crippen molar-refractivity contribution in [3.63, 3.8) is 0 Å². The Kier molecular flexibility index (Phi) is 3.54. The van der Waals surface area contributed by atoms with Gasteiger partial charge in [0.1, 0.15) is 0 Å². The zero-order valence-electron chi connectivity index (χ0n) is 11.0. The van der Waals surface area contributed by atoms with Crippen molar-refractivity contribution >= 4 is 28.8 Å². The van der Waals surface area contributed by atoms with Crippen LogP contribution in [0.4, 0.5) is 0 Å². The first-order chi connectivity index (χ1) is 9.65. The second-order valence-electron chi connectivity index (χ2n) is 4.72. The molecule has 1 amide bonds. The van der Waals surface area contributed by atoms with E-state index < -0.39 is 0 Å². The van der Waals surface area contributed by atoms with Crippen molar-refractivity contribution in [2.45, 2.75) is 12.6 Å². The van der Waals surface area contributed by atoms with Crippen LogP contribution in [-0.4, -0.2) is 28.1 Å². The number of aromatic nitrogens is 1. The standard InChI is InChI=1S/C13H15N3O3S/c1-16-10-3-2-8(4-11(10)19-13(16)18)5-14-12(17)9-6-20-7-15-9/h2-4,9,15H,5-7H2,1H3,(H,14,17). The van der Waals surface area contributed by atoms with E-state index in [1.54, 1.807) is 24.9 Å². The molecule has 1 aromatic heterocycles. The summed E-state index contributed by atoms with van der Waals surface area (Å²) in [6.07, 6.45) is 0. The molecule has 1 aliphatic rings. The Bertz CT molecular complexity index is 700. The smallest absolute Gasteiger partial charge is 0.408 e. The highest BCUT2D eigenvalue weighted by Crippen LogP contribution is 2.14. The van der Waals surface area contributed by atoms with Crippen LogP contribution in [0.25, 0.3) is 11.1 Å². The number of amides is 1. The molecule has 2 N–H and O–H groups in total. The Hall–Kier alpha value is -1.73. The van der Waals surface area contributed by atoms with E-state index in [4.69, 9.17) is 4.42 Å². The molecule has 0 spiro atoms. The molecule has 0 bridgehead atoms. The van der Waals surface area contributed by atoms with Gasteiger partial charge in [-0.1, -0.05) is 6.07 Å². The molecule has 7 heteroatoms. The first-order valence-electron chi connectivity index (χ1n) is 6.32. The number of carbonyl (C=O) groups is 1. The van der Waals surface area contributed by atoms with Crippen LogP contribution in [0.15, 0.2) is 27.4 Å². The van der Waals surface area contributed by atoms with E-state index in [0.717, 1.165) is 22.7 Å². The molecule has 0 radical (unpaired) electrons. The van der Waals surface area contributed by atoms with Gasteiger partial charge in [-0.15, -0.1) is 11.8 Å². The Balaban J connectivity index is 1.71. The van der Waals surface area contributed by atoms with Gasteiger partial charge in [0, 0.05) is 25.2 Å². The van der Waals surface area contributed by atoms with Gasteiger partial charge in [0.2, 0.25) is 5.91 Å². The van der Waals surface area contributed by atoms with Crippen LogP contribution in [0, 0.1) is 0 Å². The average Bonchev–Trinajstić information content (AvgIpc) is 3.06. The predicted molar refractivity (Wildman–Crippen MR) is 77.6 cm³/mol. The highest BCUT2D eigenvalue weighted by molar-refractivity contribution is 7.99. The second-order valence-corrected chi connectivity index (χ2v) is 5.75. The van der Waals surface area contributed by atoms with Crippen molar-refractivity contribution in [3.8, 4) is 0 Å². The molecule has 1 aromatic carbocycles. The van der Waals surface area contributed by atoms with Crippen LogP contribution in [0.1, 0.15) is 5.56 Å². The summed E-state index contributed by atoms with van der Waals surface area (Å²) in [6.45, 7) is 0.427. The molecule has 1 atom stereocenters. The van der Waals surface area contributed by atoms with Gasteiger partial charge in [0.25, 0.3) is 0 Å². The quantitative estimate of drug-likeness (QED) is 0.857. The average molecular weight is 293 g/mol. The Morgan fingerprint density at radius 2 is 2.45 bits per heavy atom. The third kappa shape index (κ3) is 2.46. The fourth-order valence-electron chi connectivity index (χ4n) is 2.16. The topological polar surface area (TPSA) is 76.3 Å². The van der Waals surface area contributed by atoms with Gasteiger partial charge in [-0.3, -0.25) is 14.7 Å². The van der Waals surface area contributed by atoms with Gasteiger partial charge in [0.15, 0.2) is 5.58 Å². The van der Waals surface area contributed by atoms with E-state index in [1.165, 1.54) is 4.57 Å². The number of fused-ring (bicyclic) bond motifs is 1. The SMILES string of the molecule is Cn1c(=O)oc2cc(CNC(=O)C3CSCN3)ccc21. The predicted octanol–water partition coefficient (Wildman–Crippen LogP) is 0.410. The Labute approximate surface area is 119 Å². The van der Waals surface area contributed by atoms with Gasteiger partial charge in [0.05, 0.1) is 11.6 Å². The minimum atomic E-state index is -0.381. The molecule has 2 heterocycles. The molecule has 1 saturated heterocycles. The lowest BCUT2D eigenvalue weighted by Crippen LogP contribution is -2.41.